The Morgan fingerprint density at radius 2 is 1.96 bits per heavy atom. The van der Waals surface area contributed by atoms with Gasteiger partial charge in [-0.1, -0.05) is 11.6 Å². The van der Waals surface area contributed by atoms with Crippen LogP contribution in [0.5, 0.6) is 5.75 Å². The van der Waals surface area contributed by atoms with E-state index in [9.17, 15) is 0 Å². The molecule has 0 spiro atoms. The van der Waals surface area contributed by atoms with Crippen molar-refractivity contribution in [3.63, 3.8) is 0 Å². The molecule has 1 aliphatic rings. The average molecular weight is 370 g/mol. The van der Waals surface area contributed by atoms with Crippen molar-refractivity contribution in [2.24, 2.45) is 0 Å². The monoisotopic (exact) mass is 369 g/mol. The van der Waals surface area contributed by atoms with Gasteiger partial charge in [-0.2, -0.15) is 0 Å². The van der Waals surface area contributed by atoms with Gasteiger partial charge in [-0.15, -0.1) is 0 Å². The van der Waals surface area contributed by atoms with Crippen molar-refractivity contribution in [3.8, 4) is 5.75 Å². The summed E-state index contributed by atoms with van der Waals surface area (Å²) in [7, 11) is 1.69. The van der Waals surface area contributed by atoms with Crippen LogP contribution in [-0.4, -0.2) is 53.1 Å². The van der Waals surface area contributed by atoms with E-state index < -0.39 is 0 Å². The molecule has 0 saturated carbocycles. The number of hydrogen-bond donors (Lipinski definition) is 0. The predicted molar refractivity (Wildman–Crippen MR) is 103 cm³/mol. The van der Waals surface area contributed by atoms with E-state index >= 15 is 0 Å². The zero-order chi connectivity index (χ0) is 17.9. The lowest BCUT2D eigenvalue weighted by atomic mass is 10.1. The van der Waals surface area contributed by atoms with Gasteiger partial charge in [0.2, 0.25) is 0 Å². The molecule has 26 heavy (non-hydrogen) atoms. The fourth-order valence-corrected chi connectivity index (χ4v) is 3.69. The van der Waals surface area contributed by atoms with Gasteiger partial charge < -0.3 is 9.64 Å². The lowest BCUT2D eigenvalue weighted by Gasteiger charge is -2.35. The summed E-state index contributed by atoms with van der Waals surface area (Å²) < 4.78 is 5.67. The van der Waals surface area contributed by atoms with E-state index in [0.29, 0.717) is 5.02 Å². The van der Waals surface area contributed by atoms with Gasteiger partial charge in [-0.3, -0.25) is 14.9 Å². The summed E-state index contributed by atoms with van der Waals surface area (Å²) in [6.07, 6.45) is 7.01. The molecule has 0 aliphatic carbocycles. The first-order valence-corrected chi connectivity index (χ1v) is 8.97. The first-order chi connectivity index (χ1) is 12.8. The smallest absolute Gasteiger partial charge is 0.149 e. The Bertz CT molecular complexity index is 897. The summed E-state index contributed by atoms with van der Waals surface area (Å²) in [6.45, 7) is 4.50. The van der Waals surface area contributed by atoms with Gasteiger partial charge in [0.05, 0.1) is 18.3 Å². The van der Waals surface area contributed by atoms with Gasteiger partial charge in [-0.25, -0.2) is 4.98 Å². The number of hydrogen-bond acceptors (Lipinski definition) is 6. The Balaban J connectivity index is 1.52. The normalized spacial score (nSPS) is 15.4. The number of rotatable bonds is 4. The van der Waals surface area contributed by atoms with Crippen LogP contribution >= 0.6 is 11.6 Å². The van der Waals surface area contributed by atoms with E-state index in [-0.39, 0.29) is 0 Å². The van der Waals surface area contributed by atoms with Crippen LogP contribution < -0.4 is 9.64 Å². The second-order valence-electron chi connectivity index (χ2n) is 6.28. The van der Waals surface area contributed by atoms with Crippen molar-refractivity contribution in [3.05, 3.63) is 53.6 Å². The van der Waals surface area contributed by atoms with Crippen LogP contribution in [0.2, 0.25) is 5.02 Å². The maximum atomic E-state index is 6.47. The van der Waals surface area contributed by atoms with Crippen LogP contribution in [0.25, 0.3) is 10.9 Å². The number of nitrogens with zero attached hydrogens (tertiary/aromatic N) is 5. The molecule has 0 amide bonds. The lowest BCUT2D eigenvalue weighted by molar-refractivity contribution is 0.246. The molecule has 6 nitrogen and oxygen atoms in total. The molecule has 1 saturated heterocycles. The zero-order valence-corrected chi connectivity index (χ0v) is 15.4. The molecule has 1 aliphatic heterocycles. The van der Waals surface area contributed by atoms with E-state index in [1.54, 1.807) is 25.7 Å². The summed E-state index contributed by atoms with van der Waals surface area (Å²) in [5.41, 5.74) is 1.88. The molecule has 0 bridgehead atoms. The number of aromatic nitrogens is 3. The first kappa shape index (κ1) is 17.0. The van der Waals surface area contributed by atoms with Gasteiger partial charge in [0.25, 0.3) is 0 Å². The highest BCUT2D eigenvalue weighted by atomic mass is 35.5. The number of benzene rings is 1. The van der Waals surface area contributed by atoms with E-state index in [2.05, 4.69) is 24.8 Å². The predicted octanol–water partition coefficient (Wildman–Crippen LogP) is 3.01. The van der Waals surface area contributed by atoms with Crippen LogP contribution in [0.3, 0.4) is 0 Å². The highest BCUT2D eigenvalue weighted by Gasteiger charge is 2.21. The molecule has 0 N–H and O–H groups in total. The summed E-state index contributed by atoms with van der Waals surface area (Å²) in [5.74, 6) is 1.74. The van der Waals surface area contributed by atoms with Crippen LogP contribution in [0.4, 0.5) is 5.82 Å². The highest BCUT2D eigenvalue weighted by Crippen LogP contribution is 2.34. The van der Waals surface area contributed by atoms with Crippen LogP contribution in [0.1, 0.15) is 5.56 Å². The van der Waals surface area contributed by atoms with Gasteiger partial charge in [0, 0.05) is 62.3 Å². The molecule has 1 aromatic carbocycles. The number of methoxy groups -OCH3 is 1. The van der Waals surface area contributed by atoms with Crippen molar-refractivity contribution in [1.29, 1.82) is 0 Å². The summed E-state index contributed by atoms with van der Waals surface area (Å²) in [5, 5.41) is 1.63. The van der Waals surface area contributed by atoms with E-state index in [4.69, 9.17) is 16.3 Å². The third-order valence-corrected chi connectivity index (χ3v) is 5.03. The molecule has 4 rings (SSSR count). The Kier molecular flexibility index (Phi) is 4.86. The van der Waals surface area contributed by atoms with Crippen molar-refractivity contribution in [1.82, 2.24) is 19.9 Å². The zero-order valence-electron chi connectivity index (χ0n) is 14.6. The Hall–Kier alpha value is -2.44. The van der Waals surface area contributed by atoms with Crippen molar-refractivity contribution >= 4 is 28.3 Å². The maximum Gasteiger partial charge on any atom is 0.149 e. The third-order valence-electron chi connectivity index (χ3n) is 4.72. The van der Waals surface area contributed by atoms with E-state index in [1.807, 2.05) is 24.4 Å². The van der Waals surface area contributed by atoms with E-state index in [1.165, 1.54) is 0 Å². The second kappa shape index (κ2) is 7.43. The average Bonchev–Trinajstić information content (AvgIpc) is 2.70. The maximum absolute atomic E-state index is 6.47. The number of pyridine rings is 1. The van der Waals surface area contributed by atoms with Gasteiger partial charge in [0.15, 0.2) is 0 Å². The molecule has 0 radical (unpaired) electrons. The molecular formula is C19H20ClN5O. The summed E-state index contributed by atoms with van der Waals surface area (Å²) >= 11 is 6.47. The van der Waals surface area contributed by atoms with Gasteiger partial charge >= 0.3 is 0 Å². The quantitative estimate of drug-likeness (QED) is 0.704. The lowest BCUT2D eigenvalue weighted by Crippen LogP contribution is -2.46. The molecule has 7 heteroatoms. The summed E-state index contributed by atoms with van der Waals surface area (Å²) in [6, 6.07) is 5.86. The fourth-order valence-electron chi connectivity index (χ4n) is 3.40. The minimum Gasteiger partial charge on any atom is -0.494 e. The largest absolute Gasteiger partial charge is 0.494 e. The number of piperazine rings is 1. The van der Waals surface area contributed by atoms with Crippen LogP contribution in [0.15, 0.2) is 43.0 Å². The number of ether oxygens (including phenoxy) is 1. The first-order valence-electron chi connectivity index (χ1n) is 8.59. The van der Waals surface area contributed by atoms with Gasteiger partial charge in [-0.05, 0) is 18.2 Å². The number of halogens is 1. The van der Waals surface area contributed by atoms with Crippen molar-refractivity contribution in [2.45, 2.75) is 6.54 Å². The molecule has 3 heterocycles. The third kappa shape index (κ3) is 3.30. The minimum absolute atomic E-state index is 0.710. The molecule has 0 unspecified atom stereocenters. The standard InChI is InChI=1S/C19H20ClN5O/c1-26-19-14(11-16(20)15-3-2-4-23-18(15)19)13-24-7-9-25(10-8-24)17-12-21-5-6-22-17/h2-6,11-12H,7-10,13H2,1H3. The fraction of sp³-hybridized carbons (Fsp3) is 0.316. The van der Waals surface area contributed by atoms with Crippen LogP contribution in [-0.2, 0) is 6.54 Å². The highest BCUT2D eigenvalue weighted by molar-refractivity contribution is 6.35. The SMILES string of the molecule is COc1c(CN2CCN(c3cnccn3)CC2)cc(Cl)c2cccnc12. The molecular weight excluding hydrogens is 350 g/mol. The summed E-state index contributed by atoms with van der Waals surface area (Å²) in [4.78, 5) is 17.7. The van der Waals surface area contributed by atoms with Crippen molar-refractivity contribution in [2.75, 3.05) is 38.2 Å². The second-order valence-corrected chi connectivity index (χ2v) is 6.68. The molecule has 0 atom stereocenters. The molecule has 3 aromatic rings. The van der Waals surface area contributed by atoms with Crippen LogP contribution in [0, 0.1) is 0 Å². The topological polar surface area (TPSA) is 54.4 Å². The van der Waals surface area contributed by atoms with E-state index in [0.717, 1.165) is 60.8 Å². The minimum atomic E-state index is 0.710. The van der Waals surface area contributed by atoms with Crippen molar-refractivity contribution < 1.29 is 4.74 Å². The molecule has 2 aromatic heterocycles. The Morgan fingerprint density at radius 1 is 1.12 bits per heavy atom. The molecule has 1 fully saturated rings. The molecule has 134 valence electrons. The Morgan fingerprint density at radius 3 is 2.69 bits per heavy atom. The number of fused-ring (bicyclic) bond motifs is 1. The Labute approximate surface area is 157 Å². The number of anilines is 1. The van der Waals surface area contributed by atoms with Gasteiger partial charge in [0.1, 0.15) is 17.1 Å².